The number of carbonyl (C=O) groups is 2. The van der Waals surface area contributed by atoms with Gasteiger partial charge in [0.15, 0.2) is 11.6 Å². The molecule has 0 radical (unpaired) electrons. The van der Waals surface area contributed by atoms with Gasteiger partial charge in [-0.2, -0.15) is 8.42 Å². The van der Waals surface area contributed by atoms with Crippen molar-refractivity contribution in [3.05, 3.63) is 68.0 Å². The maximum absolute atomic E-state index is 13.1. The van der Waals surface area contributed by atoms with Gasteiger partial charge in [0.05, 0.1) is 10.3 Å². The summed E-state index contributed by atoms with van der Waals surface area (Å²) < 4.78 is 26.2. The number of non-ortho nitro benzene ring substituents is 1. The predicted molar refractivity (Wildman–Crippen MR) is 99.5 cm³/mol. The van der Waals surface area contributed by atoms with E-state index in [0.29, 0.717) is 0 Å². The van der Waals surface area contributed by atoms with E-state index in [1.165, 1.54) is 13.0 Å². The van der Waals surface area contributed by atoms with Crippen molar-refractivity contribution < 1.29 is 22.9 Å². The van der Waals surface area contributed by atoms with E-state index in [9.17, 15) is 32.9 Å². The van der Waals surface area contributed by atoms with Crippen molar-refractivity contribution in [1.82, 2.24) is 14.4 Å². The minimum atomic E-state index is -4.74. The van der Waals surface area contributed by atoms with Crippen LogP contribution in [0.2, 0.25) is 0 Å². The second-order valence-electron chi connectivity index (χ2n) is 6.02. The van der Waals surface area contributed by atoms with Gasteiger partial charge in [0.2, 0.25) is 0 Å². The van der Waals surface area contributed by atoms with Gasteiger partial charge in [-0.1, -0.05) is 10.2 Å². The van der Waals surface area contributed by atoms with E-state index in [-0.39, 0.29) is 26.1 Å². The minimum Gasteiger partial charge on any atom is -0.295 e. The highest BCUT2D eigenvalue weighted by molar-refractivity contribution is 7.90. The lowest BCUT2D eigenvalue weighted by molar-refractivity contribution is -0.384. The van der Waals surface area contributed by atoms with Crippen LogP contribution in [0, 0.1) is 10.1 Å². The first kappa shape index (κ1) is 19.9. The second-order valence-corrected chi connectivity index (χ2v) is 7.76. The van der Waals surface area contributed by atoms with Crippen molar-refractivity contribution >= 4 is 38.2 Å². The van der Waals surface area contributed by atoms with Crippen molar-refractivity contribution in [2.75, 3.05) is 0 Å². The summed E-state index contributed by atoms with van der Waals surface area (Å²) in [7, 11) is -4.74. The number of hydrogen-bond donors (Lipinski definition) is 0. The summed E-state index contributed by atoms with van der Waals surface area (Å²) in [4.78, 5) is 45.9. The van der Waals surface area contributed by atoms with Crippen LogP contribution < -0.4 is 5.56 Å². The third kappa shape index (κ3) is 3.40. The Morgan fingerprint density at radius 3 is 2.34 bits per heavy atom. The molecule has 1 heterocycles. The van der Waals surface area contributed by atoms with Crippen LogP contribution in [-0.4, -0.2) is 39.3 Å². The molecule has 0 amide bonds. The smallest absolute Gasteiger partial charge is 0.292 e. The Kier molecular flexibility index (Phi) is 4.80. The molecule has 0 fully saturated rings. The molecule has 0 aliphatic carbocycles. The number of benzene rings is 2. The maximum atomic E-state index is 13.1. The maximum Gasteiger partial charge on any atom is 0.292 e. The standard InChI is InChI=1S/C17H12N4O7S/c1-9(22)11-3-5-13(10(2)23)16(7-11)29(27,28)20-17(24)14-8-12(21(25)26)4-6-15(14)18-19-20/h3-8H,1-2H3. The number of carbonyl (C=O) groups excluding carboxylic acids is 2. The first-order chi connectivity index (χ1) is 13.5. The number of aromatic nitrogens is 3. The van der Waals surface area contributed by atoms with Gasteiger partial charge in [-0.3, -0.25) is 24.5 Å². The molecule has 148 valence electrons. The lowest BCUT2D eigenvalue weighted by Gasteiger charge is -2.11. The molecular weight excluding hydrogens is 404 g/mol. The molecule has 0 bridgehead atoms. The van der Waals surface area contributed by atoms with Crippen LogP contribution in [0.25, 0.3) is 10.9 Å². The second kappa shape index (κ2) is 6.98. The van der Waals surface area contributed by atoms with Crippen molar-refractivity contribution in [1.29, 1.82) is 0 Å². The molecule has 0 saturated carbocycles. The zero-order valence-corrected chi connectivity index (χ0v) is 15.8. The monoisotopic (exact) mass is 416 g/mol. The number of nitro groups is 1. The molecule has 3 aromatic rings. The molecule has 2 aromatic carbocycles. The summed E-state index contributed by atoms with van der Waals surface area (Å²) >= 11 is 0. The molecule has 0 spiro atoms. The minimum absolute atomic E-state index is 0.00556. The quantitative estimate of drug-likeness (QED) is 0.340. The summed E-state index contributed by atoms with van der Waals surface area (Å²) in [6.07, 6.45) is 0. The Balaban J connectivity index is 2.34. The van der Waals surface area contributed by atoms with Crippen LogP contribution >= 0.6 is 0 Å². The fourth-order valence-corrected chi connectivity index (χ4v) is 4.03. The topological polar surface area (TPSA) is 159 Å². The van der Waals surface area contributed by atoms with Crippen molar-refractivity contribution in [2.45, 2.75) is 18.7 Å². The molecule has 0 atom stereocenters. The van der Waals surface area contributed by atoms with Crippen LogP contribution in [0.15, 0.2) is 46.1 Å². The highest BCUT2D eigenvalue weighted by Crippen LogP contribution is 2.22. The Bertz CT molecular complexity index is 1380. The molecule has 0 aliphatic heterocycles. The summed E-state index contributed by atoms with van der Waals surface area (Å²) in [5.74, 6) is -1.07. The molecule has 3 rings (SSSR count). The van der Waals surface area contributed by atoms with Gasteiger partial charge in [0.1, 0.15) is 10.4 Å². The van der Waals surface area contributed by atoms with Gasteiger partial charge in [0.25, 0.3) is 21.3 Å². The number of nitrogens with zero attached hydrogens (tertiary/aromatic N) is 4. The highest BCUT2D eigenvalue weighted by atomic mass is 32.2. The number of ketones is 2. The molecule has 0 N–H and O–H groups in total. The molecular formula is C17H12N4O7S. The van der Waals surface area contributed by atoms with Crippen molar-refractivity contribution in [3.63, 3.8) is 0 Å². The zero-order chi connectivity index (χ0) is 21.5. The van der Waals surface area contributed by atoms with Gasteiger partial charge in [-0.15, -0.1) is 5.10 Å². The van der Waals surface area contributed by atoms with Crippen LogP contribution in [0.5, 0.6) is 0 Å². The van der Waals surface area contributed by atoms with Crippen LogP contribution in [0.1, 0.15) is 34.6 Å². The van der Waals surface area contributed by atoms with Gasteiger partial charge in [-0.25, -0.2) is 0 Å². The average molecular weight is 416 g/mol. The Morgan fingerprint density at radius 2 is 1.76 bits per heavy atom. The summed E-state index contributed by atoms with van der Waals surface area (Å²) in [5.41, 5.74) is -1.90. The van der Waals surface area contributed by atoms with E-state index in [1.807, 2.05) is 0 Å². The Hall–Kier alpha value is -3.80. The van der Waals surface area contributed by atoms with E-state index in [0.717, 1.165) is 37.3 Å². The summed E-state index contributed by atoms with van der Waals surface area (Å²) in [6, 6.07) is 6.57. The molecule has 0 saturated heterocycles. The number of hydrogen-bond acceptors (Lipinski definition) is 9. The number of rotatable bonds is 5. The fraction of sp³-hybridized carbons (Fsp3) is 0.118. The molecule has 12 heteroatoms. The van der Waals surface area contributed by atoms with Gasteiger partial charge < -0.3 is 0 Å². The lowest BCUT2D eigenvalue weighted by atomic mass is 10.1. The van der Waals surface area contributed by atoms with E-state index in [2.05, 4.69) is 10.3 Å². The van der Waals surface area contributed by atoms with Gasteiger partial charge in [0, 0.05) is 23.3 Å². The Labute approximate surface area is 162 Å². The summed E-state index contributed by atoms with van der Waals surface area (Å²) in [6.45, 7) is 2.33. The molecule has 29 heavy (non-hydrogen) atoms. The predicted octanol–water partition coefficient (Wildman–Crippen LogP) is 1.34. The first-order valence-corrected chi connectivity index (χ1v) is 9.43. The zero-order valence-electron chi connectivity index (χ0n) is 15.0. The third-order valence-electron chi connectivity index (χ3n) is 4.10. The largest absolute Gasteiger partial charge is 0.295 e. The molecule has 11 nitrogen and oxygen atoms in total. The summed E-state index contributed by atoms with van der Waals surface area (Å²) in [5, 5.41) is 17.6. The van der Waals surface area contributed by atoms with Crippen LogP contribution in [-0.2, 0) is 10.0 Å². The van der Waals surface area contributed by atoms with Crippen LogP contribution in [0.3, 0.4) is 0 Å². The number of Topliss-reactive ketones (excluding diaryl/α,β-unsaturated/α-hetero) is 2. The van der Waals surface area contributed by atoms with Crippen molar-refractivity contribution in [3.8, 4) is 0 Å². The third-order valence-corrected chi connectivity index (χ3v) is 5.69. The SMILES string of the molecule is CC(=O)c1ccc(C(C)=O)c(S(=O)(=O)n2nnc3ccc([N+](=O)[O-])cc3c2=O)c1. The molecule has 1 aromatic heterocycles. The van der Waals surface area contributed by atoms with E-state index in [1.54, 1.807) is 0 Å². The van der Waals surface area contributed by atoms with Crippen molar-refractivity contribution in [2.24, 2.45) is 0 Å². The average Bonchev–Trinajstić information content (AvgIpc) is 2.67. The number of fused-ring (bicyclic) bond motifs is 1. The van der Waals surface area contributed by atoms with E-state index in [4.69, 9.17) is 0 Å². The first-order valence-electron chi connectivity index (χ1n) is 7.99. The normalized spacial score (nSPS) is 11.4. The molecule has 0 unspecified atom stereocenters. The van der Waals surface area contributed by atoms with Gasteiger partial charge >= 0.3 is 0 Å². The fourth-order valence-electron chi connectivity index (χ4n) is 2.62. The number of nitro benzene ring substituents is 1. The van der Waals surface area contributed by atoms with E-state index >= 15 is 0 Å². The van der Waals surface area contributed by atoms with E-state index < -0.39 is 42.7 Å². The van der Waals surface area contributed by atoms with Crippen LogP contribution in [0.4, 0.5) is 5.69 Å². The highest BCUT2D eigenvalue weighted by Gasteiger charge is 2.27. The molecule has 0 aliphatic rings. The lowest BCUT2D eigenvalue weighted by Crippen LogP contribution is -2.32. The van der Waals surface area contributed by atoms with Gasteiger partial charge in [-0.05, 0) is 37.3 Å². The Morgan fingerprint density at radius 1 is 1.07 bits per heavy atom.